The van der Waals surface area contributed by atoms with Crippen LogP contribution in [0.3, 0.4) is 0 Å². The van der Waals surface area contributed by atoms with Crippen molar-refractivity contribution in [3.63, 3.8) is 0 Å². The van der Waals surface area contributed by atoms with Crippen molar-refractivity contribution in [1.29, 1.82) is 0 Å². The van der Waals surface area contributed by atoms with Crippen LogP contribution in [0, 0.1) is 5.41 Å². The smallest absolute Gasteiger partial charge is 0.158 e. The highest BCUT2D eigenvalue weighted by Gasteiger charge is 2.44. The standard InChI is InChI=1S/C13H20O2/c1-9-10-5-4-6-12(15-3)13(10,2)8-7-11(9)14/h12H,4-8H2,1-3H3/t12-,13-/m0/s1. The Morgan fingerprint density at radius 1 is 1.40 bits per heavy atom. The number of ether oxygens (including phenoxy) is 1. The molecule has 2 aliphatic carbocycles. The van der Waals surface area contributed by atoms with Crippen molar-refractivity contribution in [3.8, 4) is 0 Å². The van der Waals surface area contributed by atoms with Gasteiger partial charge in [0.1, 0.15) is 0 Å². The molecule has 0 radical (unpaired) electrons. The molecule has 1 fully saturated rings. The van der Waals surface area contributed by atoms with E-state index in [9.17, 15) is 4.79 Å². The van der Waals surface area contributed by atoms with E-state index in [2.05, 4.69) is 6.92 Å². The quantitative estimate of drug-likeness (QED) is 0.662. The van der Waals surface area contributed by atoms with Crippen molar-refractivity contribution in [2.75, 3.05) is 7.11 Å². The summed E-state index contributed by atoms with van der Waals surface area (Å²) in [7, 11) is 1.80. The molecular weight excluding hydrogens is 188 g/mol. The van der Waals surface area contributed by atoms with Crippen LogP contribution in [0.1, 0.15) is 46.0 Å². The van der Waals surface area contributed by atoms with Gasteiger partial charge in [-0.1, -0.05) is 12.5 Å². The minimum Gasteiger partial charge on any atom is -0.381 e. The summed E-state index contributed by atoms with van der Waals surface area (Å²) in [5.74, 6) is 0.347. The lowest BCUT2D eigenvalue weighted by Crippen LogP contribution is -2.42. The van der Waals surface area contributed by atoms with E-state index in [-0.39, 0.29) is 5.41 Å². The Bertz CT molecular complexity index is 316. The molecule has 2 heteroatoms. The molecule has 0 aromatic carbocycles. The largest absolute Gasteiger partial charge is 0.381 e. The van der Waals surface area contributed by atoms with E-state index in [0.29, 0.717) is 18.3 Å². The average Bonchev–Trinajstić information content (AvgIpc) is 2.24. The number of allylic oxidation sites excluding steroid dienone is 1. The third-order valence-corrected chi connectivity index (χ3v) is 4.32. The molecule has 2 rings (SSSR count). The van der Waals surface area contributed by atoms with Gasteiger partial charge in [0.15, 0.2) is 5.78 Å². The van der Waals surface area contributed by atoms with Gasteiger partial charge in [0.05, 0.1) is 6.10 Å². The molecule has 0 aliphatic heterocycles. The Labute approximate surface area is 91.7 Å². The number of rotatable bonds is 1. The van der Waals surface area contributed by atoms with Gasteiger partial charge in [0, 0.05) is 18.9 Å². The molecule has 84 valence electrons. The van der Waals surface area contributed by atoms with Crippen molar-refractivity contribution < 1.29 is 9.53 Å². The van der Waals surface area contributed by atoms with Crippen LogP contribution in [-0.4, -0.2) is 19.0 Å². The summed E-state index contributed by atoms with van der Waals surface area (Å²) in [6, 6.07) is 0. The number of carbonyl (C=O) groups excluding carboxylic acids is 1. The normalized spacial score (nSPS) is 36.7. The summed E-state index contributed by atoms with van der Waals surface area (Å²) in [6.45, 7) is 4.26. The lowest BCUT2D eigenvalue weighted by Gasteiger charge is -2.46. The fourth-order valence-electron chi connectivity index (χ4n) is 3.30. The van der Waals surface area contributed by atoms with Crippen LogP contribution in [-0.2, 0) is 9.53 Å². The summed E-state index contributed by atoms with van der Waals surface area (Å²) < 4.78 is 5.60. The molecule has 0 N–H and O–H groups in total. The molecule has 0 aromatic rings. The van der Waals surface area contributed by atoms with Crippen LogP contribution in [0.5, 0.6) is 0 Å². The van der Waals surface area contributed by atoms with E-state index in [4.69, 9.17) is 4.74 Å². The Balaban J connectivity index is 2.42. The fourth-order valence-corrected chi connectivity index (χ4v) is 3.30. The van der Waals surface area contributed by atoms with Crippen molar-refractivity contribution in [1.82, 2.24) is 0 Å². The minimum atomic E-state index is 0.130. The molecule has 1 saturated carbocycles. The molecular formula is C13H20O2. The molecule has 2 aliphatic rings. The first-order valence-corrected chi connectivity index (χ1v) is 5.86. The van der Waals surface area contributed by atoms with Gasteiger partial charge in [0.2, 0.25) is 0 Å². The number of fused-ring (bicyclic) bond motifs is 1. The molecule has 2 atom stereocenters. The molecule has 0 unspecified atom stereocenters. The van der Waals surface area contributed by atoms with E-state index in [1.54, 1.807) is 7.11 Å². The maximum Gasteiger partial charge on any atom is 0.158 e. The van der Waals surface area contributed by atoms with Crippen molar-refractivity contribution in [3.05, 3.63) is 11.1 Å². The summed E-state index contributed by atoms with van der Waals surface area (Å²) in [4.78, 5) is 11.7. The molecule has 15 heavy (non-hydrogen) atoms. The number of hydrogen-bond donors (Lipinski definition) is 0. The van der Waals surface area contributed by atoms with Crippen LogP contribution in [0.4, 0.5) is 0 Å². The summed E-state index contributed by atoms with van der Waals surface area (Å²) >= 11 is 0. The maximum absolute atomic E-state index is 11.7. The third kappa shape index (κ3) is 1.55. The minimum absolute atomic E-state index is 0.130. The molecule has 2 nitrogen and oxygen atoms in total. The van der Waals surface area contributed by atoms with Gasteiger partial charge >= 0.3 is 0 Å². The van der Waals surface area contributed by atoms with Gasteiger partial charge in [0.25, 0.3) is 0 Å². The van der Waals surface area contributed by atoms with Crippen LogP contribution >= 0.6 is 0 Å². The van der Waals surface area contributed by atoms with Crippen LogP contribution in [0.25, 0.3) is 0 Å². The second-order valence-corrected chi connectivity index (χ2v) is 5.06. The molecule has 0 amide bonds. The van der Waals surface area contributed by atoms with Gasteiger partial charge < -0.3 is 4.74 Å². The molecule has 0 spiro atoms. The van der Waals surface area contributed by atoms with Gasteiger partial charge in [-0.05, 0) is 38.2 Å². The maximum atomic E-state index is 11.7. The van der Waals surface area contributed by atoms with E-state index < -0.39 is 0 Å². The first-order valence-electron chi connectivity index (χ1n) is 5.86. The number of Topliss-reactive ketones (excluding diaryl/α,β-unsaturated/α-hetero) is 1. The predicted octanol–water partition coefficient (Wildman–Crippen LogP) is 2.87. The Kier molecular flexibility index (Phi) is 2.72. The Hall–Kier alpha value is -0.630. The zero-order chi connectivity index (χ0) is 11.1. The Morgan fingerprint density at radius 3 is 2.80 bits per heavy atom. The predicted molar refractivity (Wildman–Crippen MR) is 59.7 cm³/mol. The van der Waals surface area contributed by atoms with Crippen LogP contribution in [0.15, 0.2) is 11.1 Å². The summed E-state index contributed by atoms with van der Waals surface area (Å²) in [6.07, 6.45) is 5.37. The van der Waals surface area contributed by atoms with Crippen LogP contribution < -0.4 is 0 Å². The second kappa shape index (κ2) is 3.75. The highest BCUT2D eigenvalue weighted by atomic mass is 16.5. The number of hydrogen-bond acceptors (Lipinski definition) is 2. The van der Waals surface area contributed by atoms with E-state index in [1.807, 2.05) is 6.92 Å². The van der Waals surface area contributed by atoms with Gasteiger partial charge in [-0.15, -0.1) is 0 Å². The zero-order valence-electron chi connectivity index (χ0n) is 9.93. The molecule has 0 aromatic heterocycles. The lowest BCUT2D eigenvalue weighted by molar-refractivity contribution is -0.118. The molecule has 0 saturated heterocycles. The van der Waals surface area contributed by atoms with Crippen LogP contribution in [0.2, 0.25) is 0 Å². The Morgan fingerprint density at radius 2 is 2.13 bits per heavy atom. The van der Waals surface area contributed by atoms with Crippen molar-refractivity contribution in [2.24, 2.45) is 5.41 Å². The topological polar surface area (TPSA) is 26.3 Å². The zero-order valence-corrected chi connectivity index (χ0v) is 9.93. The van der Waals surface area contributed by atoms with E-state index in [0.717, 1.165) is 31.3 Å². The highest BCUT2D eigenvalue weighted by molar-refractivity contribution is 5.96. The van der Waals surface area contributed by atoms with E-state index in [1.165, 1.54) is 5.57 Å². The van der Waals surface area contributed by atoms with Crippen molar-refractivity contribution >= 4 is 5.78 Å². The van der Waals surface area contributed by atoms with E-state index >= 15 is 0 Å². The molecule has 0 bridgehead atoms. The van der Waals surface area contributed by atoms with Gasteiger partial charge in [-0.3, -0.25) is 4.79 Å². The van der Waals surface area contributed by atoms with Crippen molar-refractivity contribution in [2.45, 2.75) is 52.1 Å². The number of ketones is 1. The summed E-state index contributed by atoms with van der Waals surface area (Å²) in [5.41, 5.74) is 2.52. The first-order chi connectivity index (χ1) is 7.09. The number of carbonyl (C=O) groups is 1. The average molecular weight is 208 g/mol. The monoisotopic (exact) mass is 208 g/mol. The third-order valence-electron chi connectivity index (χ3n) is 4.32. The molecule has 0 heterocycles. The van der Waals surface area contributed by atoms with Gasteiger partial charge in [-0.25, -0.2) is 0 Å². The second-order valence-electron chi connectivity index (χ2n) is 5.06. The lowest BCUT2D eigenvalue weighted by atomic mass is 9.62. The highest BCUT2D eigenvalue weighted by Crippen LogP contribution is 2.49. The first kappa shape index (κ1) is 10.9. The summed E-state index contributed by atoms with van der Waals surface area (Å²) in [5, 5.41) is 0. The van der Waals surface area contributed by atoms with Gasteiger partial charge in [-0.2, -0.15) is 0 Å². The SMILES string of the molecule is CO[C@H]1CCCC2=C(C)C(=O)CC[C@@]21C. The number of methoxy groups -OCH3 is 1. The fraction of sp³-hybridized carbons (Fsp3) is 0.769.